The lowest BCUT2D eigenvalue weighted by Crippen LogP contribution is -2.27. The quantitative estimate of drug-likeness (QED) is 0.758. The number of thioether (sulfide) groups is 1. The van der Waals surface area contributed by atoms with E-state index in [1.165, 1.54) is 6.92 Å². The third-order valence-electron chi connectivity index (χ3n) is 3.79. The Morgan fingerprint density at radius 3 is 2.62 bits per heavy atom. The SMILES string of the molecule is C/C=C/CSC1=C(C#N)C(c2ccc(Cl)cc2)C(C(C)=O)=C(C)N1. The number of nitriles is 1. The van der Waals surface area contributed by atoms with Crippen molar-refractivity contribution in [2.45, 2.75) is 26.7 Å². The van der Waals surface area contributed by atoms with Gasteiger partial charge in [-0.1, -0.05) is 35.9 Å². The van der Waals surface area contributed by atoms with Gasteiger partial charge in [-0.3, -0.25) is 4.79 Å². The van der Waals surface area contributed by atoms with Crippen molar-refractivity contribution in [2.75, 3.05) is 5.75 Å². The van der Waals surface area contributed by atoms with Crippen LogP contribution in [0.3, 0.4) is 0 Å². The molecule has 24 heavy (non-hydrogen) atoms. The van der Waals surface area contributed by atoms with Gasteiger partial charge in [-0.2, -0.15) is 5.26 Å². The van der Waals surface area contributed by atoms with Crippen LogP contribution in [0.25, 0.3) is 0 Å². The minimum Gasteiger partial charge on any atom is -0.353 e. The third-order valence-corrected chi connectivity index (χ3v) is 5.01. The molecule has 0 radical (unpaired) electrons. The molecule has 1 aromatic carbocycles. The van der Waals surface area contributed by atoms with E-state index in [4.69, 9.17) is 11.6 Å². The summed E-state index contributed by atoms with van der Waals surface area (Å²) in [7, 11) is 0. The Balaban J connectivity index is 2.55. The molecule has 0 spiro atoms. The summed E-state index contributed by atoms with van der Waals surface area (Å²) < 4.78 is 0. The van der Waals surface area contributed by atoms with Crippen LogP contribution in [0.15, 0.2) is 58.3 Å². The first kappa shape index (κ1) is 18.4. The van der Waals surface area contributed by atoms with Gasteiger partial charge in [0.15, 0.2) is 5.78 Å². The monoisotopic (exact) mass is 358 g/mol. The molecule has 124 valence electrons. The Kier molecular flexibility index (Phi) is 6.30. The summed E-state index contributed by atoms with van der Waals surface area (Å²) in [6.07, 6.45) is 4.01. The molecular formula is C19H19ClN2OS. The van der Waals surface area contributed by atoms with E-state index < -0.39 is 0 Å². The smallest absolute Gasteiger partial charge is 0.158 e. The van der Waals surface area contributed by atoms with Gasteiger partial charge in [0.25, 0.3) is 0 Å². The number of carbonyl (C=O) groups is 1. The third kappa shape index (κ3) is 3.92. The summed E-state index contributed by atoms with van der Waals surface area (Å²) in [5, 5.41) is 14.4. The summed E-state index contributed by atoms with van der Waals surface area (Å²) in [5.41, 5.74) is 2.89. The molecular weight excluding hydrogens is 340 g/mol. The van der Waals surface area contributed by atoms with Gasteiger partial charge in [-0.25, -0.2) is 0 Å². The van der Waals surface area contributed by atoms with Crippen LogP contribution >= 0.6 is 23.4 Å². The van der Waals surface area contributed by atoms with Crippen LogP contribution in [0.2, 0.25) is 5.02 Å². The highest BCUT2D eigenvalue weighted by molar-refractivity contribution is 8.03. The Hall–Kier alpha value is -1.96. The maximum Gasteiger partial charge on any atom is 0.158 e. The van der Waals surface area contributed by atoms with Crippen LogP contribution in [0.4, 0.5) is 0 Å². The molecule has 0 fully saturated rings. The number of halogens is 1. The van der Waals surface area contributed by atoms with Gasteiger partial charge in [0.05, 0.1) is 22.6 Å². The summed E-state index contributed by atoms with van der Waals surface area (Å²) in [6, 6.07) is 9.62. The van der Waals surface area contributed by atoms with E-state index >= 15 is 0 Å². The molecule has 0 aliphatic carbocycles. The highest BCUT2D eigenvalue weighted by atomic mass is 35.5. The first-order valence-corrected chi connectivity index (χ1v) is 8.98. The highest BCUT2D eigenvalue weighted by Gasteiger charge is 2.32. The second kappa shape index (κ2) is 8.23. The van der Waals surface area contributed by atoms with Crippen molar-refractivity contribution in [3.05, 3.63) is 68.9 Å². The second-order valence-corrected chi connectivity index (χ2v) is 6.91. The van der Waals surface area contributed by atoms with Gasteiger partial charge in [0.2, 0.25) is 0 Å². The topological polar surface area (TPSA) is 52.9 Å². The number of carbonyl (C=O) groups excluding carboxylic acids is 1. The Morgan fingerprint density at radius 1 is 1.42 bits per heavy atom. The van der Waals surface area contributed by atoms with Crippen LogP contribution in [0.1, 0.15) is 32.3 Å². The average Bonchev–Trinajstić information content (AvgIpc) is 2.55. The molecule has 0 saturated carbocycles. The van der Waals surface area contributed by atoms with E-state index in [1.807, 2.05) is 38.1 Å². The van der Waals surface area contributed by atoms with Crippen molar-refractivity contribution in [1.29, 1.82) is 5.26 Å². The van der Waals surface area contributed by atoms with E-state index in [2.05, 4.69) is 11.4 Å². The molecule has 0 aromatic heterocycles. The zero-order valence-electron chi connectivity index (χ0n) is 13.9. The molecule has 1 atom stereocenters. The van der Waals surface area contributed by atoms with Gasteiger partial charge >= 0.3 is 0 Å². The number of Topliss-reactive ketones (excluding diaryl/α,β-unsaturated/α-hetero) is 1. The lowest BCUT2D eigenvalue weighted by atomic mass is 9.81. The number of hydrogen-bond donors (Lipinski definition) is 1. The average molecular weight is 359 g/mol. The van der Waals surface area contributed by atoms with E-state index in [0.717, 1.165) is 22.0 Å². The largest absolute Gasteiger partial charge is 0.353 e. The minimum absolute atomic E-state index is 0.0368. The van der Waals surface area contributed by atoms with Gasteiger partial charge in [0.1, 0.15) is 0 Å². The predicted octanol–water partition coefficient (Wildman–Crippen LogP) is 4.93. The normalized spacial score (nSPS) is 17.9. The fourth-order valence-corrected chi connectivity index (χ4v) is 3.84. The minimum atomic E-state index is -0.362. The van der Waals surface area contributed by atoms with E-state index in [0.29, 0.717) is 16.2 Å². The van der Waals surface area contributed by atoms with Crippen LogP contribution in [0.5, 0.6) is 0 Å². The summed E-state index contributed by atoms with van der Waals surface area (Å²) in [4.78, 5) is 12.2. The summed E-state index contributed by atoms with van der Waals surface area (Å²) in [5.74, 6) is 0.365. The van der Waals surface area contributed by atoms with Gasteiger partial charge < -0.3 is 5.32 Å². The second-order valence-electron chi connectivity index (χ2n) is 5.44. The predicted molar refractivity (Wildman–Crippen MR) is 101 cm³/mol. The Bertz CT molecular complexity index is 770. The Morgan fingerprint density at radius 2 is 2.08 bits per heavy atom. The van der Waals surface area contributed by atoms with Crippen LogP contribution in [-0.4, -0.2) is 11.5 Å². The molecule has 0 amide bonds. The number of nitrogens with one attached hydrogen (secondary N) is 1. The number of ketones is 1. The van der Waals surface area contributed by atoms with Gasteiger partial charge in [-0.15, -0.1) is 11.8 Å². The highest BCUT2D eigenvalue weighted by Crippen LogP contribution is 2.40. The van der Waals surface area contributed by atoms with Crippen LogP contribution in [0, 0.1) is 11.3 Å². The van der Waals surface area contributed by atoms with Gasteiger partial charge in [0, 0.05) is 22.0 Å². The zero-order valence-corrected chi connectivity index (χ0v) is 15.5. The van der Waals surface area contributed by atoms with Crippen LogP contribution < -0.4 is 5.32 Å². The number of benzene rings is 1. The van der Waals surface area contributed by atoms with Crippen molar-refractivity contribution in [3.8, 4) is 6.07 Å². The molecule has 0 saturated heterocycles. The molecule has 1 N–H and O–H groups in total. The van der Waals surface area contributed by atoms with Crippen molar-refractivity contribution in [1.82, 2.24) is 5.32 Å². The van der Waals surface area contributed by atoms with Crippen molar-refractivity contribution < 1.29 is 4.79 Å². The molecule has 1 aliphatic heterocycles. The maximum atomic E-state index is 12.2. The fraction of sp³-hybridized carbons (Fsp3) is 0.263. The lowest BCUT2D eigenvalue weighted by molar-refractivity contribution is -0.113. The molecule has 0 bridgehead atoms. The molecule has 1 aliphatic rings. The molecule has 2 rings (SSSR count). The zero-order chi connectivity index (χ0) is 17.7. The molecule has 3 nitrogen and oxygen atoms in total. The van der Waals surface area contributed by atoms with Crippen molar-refractivity contribution in [2.24, 2.45) is 0 Å². The van der Waals surface area contributed by atoms with E-state index in [1.54, 1.807) is 23.9 Å². The first-order valence-electron chi connectivity index (χ1n) is 7.62. The standard InChI is InChI=1S/C19H19ClN2OS/c1-4-5-10-24-19-16(11-21)18(14-6-8-15(20)9-7-14)17(13(3)23)12(2)22-19/h4-9,18,22H,10H2,1-3H3/b5-4+. The van der Waals surface area contributed by atoms with Crippen molar-refractivity contribution in [3.63, 3.8) is 0 Å². The van der Waals surface area contributed by atoms with Crippen LogP contribution in [-0.2, 0) is 4.79 Å². The molecule has 1 aromatic rings. The fourth-order valence-electron chi connectivity index (χ4n) is 2.71. The maximum absolute atomic E-state index is 12.2. The molecule has 5 heteroatoms. The van der Waals surface area contributed by atoms with Crippen molar-refractivity contribution >= 4 is 29.1 Å². The number of dihydropyridines is 1. The summed E-state index contributed by atoms with van der Waals surface area (Å²) in [6.45, 7) is 5.38. The van der Waals surface area contributed by atoms with E-state index in [9.17, 15) is 10.1 Å². The van der Waals surface area contributed by atoms with E-state index in [-0.39, 0.29) is 11.7 Å². The number of allylic oxidation sites excluding steroid dienone is 4. The molecule has 1 unspecified atom stereocenters. The first-order chi connectivity index (χ1) is 11.5. The Labute approximate surface area is 152 Å². The lowest BCUT2D eigenvalue weighted by Gasteiger charge is -2.29. The molecule has 1 heterocycles. The number of hydrogen-bond acceptors (Lipinski definition) is 4. The number of rotatable bonds is 5. The summed E-state index contributed by atoms with van der Waals surface area (Å²) >= 11 is 7.54. The number of nitrogens with zero attached hydrogens (tertiary/aromatic N) is 1. The van der Waals surface area contributed by atoms with Gasteiger partial charge in [-0.05, 0) is 38.5 Å².